The molecule has 0 saturated carbocycles. The number of hydrogen-bond donors (Lipinski definition) is 1. The van der Waals surface area contributed by atoms with E-state index in [1.165, 1.54) is 18.4 Å². The second-order valence-corrected chi connectivity index (χ2v) is 5.87. The van der Waals surface area contributed by atoms with Crippen molar-refractivity contribution < 1.29 is 9.15 Å². The van der Waals surface area contributed by atoms with Gasteiger partial charge in [0.15, 0.2) is 0 Å². The van der Waals surface area contributed by atoms with Gasteiger partial charge in [0.05, 0.1) is 18.9 Å². The minimum Gasteiger partial charge on any atom is -0.468 e. The number of rotatable bonds is 8. The molecule has 0 aromatic carbocycles. The summed E-state index contributed by atoms with van der Waals surface area (Å²) < 4.78 is 11.4. The van der Waals surface area contributed by atoms with Crippen molar-refractivity contribution in [2.45, 2.75) is 58.8 Å². The number of furan rings is 1. The number of ether oxygens (including phenoxy) is 1. The number of hydrogen-bond acceptors (Lipinski definition) is 4. The van der Waals surface area contributed by atoms with Gasteiger partial charge in [-0.3, -0.25) is 4.90 Å². The lowest BCUT2D eigenvalue weighted by Gasteiger charge is -2.23. The van der Waals surface area contributed by atoms with Gasteiger partial charge in [0.25, 0.3) is 0 Å². The van der Waals surface area contributed by atoms with Crippen LogP contribution in [-0.2, 0) is 17.8 Å². The Kier molecular flexibility index (Phi) is 6.07. The van der Waals surface area contributed by atoms with Gasteiger partial charge >= 0.3 is 0 Å². The molecule has 0 spiro atoms. The van der Waals surface area contributed by atoms with Crippen molar-refractivity contribution in [1.29, 1.82) is 0 Å². The highest BCUT2D eigenvalue weighted by Gasteiger charge is 2.20. The first-order valence-corrected chi connectivity index (χ1v) is 7.81. The largest absolute Gasteiger partial charge is 0.468 e. The van der Waals surface area contributed by atoms with Crippen LogP contribution in [0.2, 0.25) is 0 Å². The van der Waals surface area contributed by atoms with Crippen LogP contribution in [-0.4, -0.2) is 36.7 Å². The van der Waals surface area contributed by atoms with Crippen LogP contribution in [0.4, 0.5) is 0 Å². The predicted molar refractivity (Wildman–Crippen MR) is 80.6 cm³/mol. The van der Waals surface area contributed by atoms with E-state index in [4.69, 9.17) is 9.15 Å². The molecule has 4 nitrogen and oxygen atoms in total. The maximum Gasteiger partial charge on any atom is 0.122 e. The number of likely N-dealkylation sites (N-methyl/N-ethyl adjacent to an activating group) is 1. The van der Waals surface area contributed by atoms with Crippen molar-refractivity contribution in [3.05, 3.63) is 23.7 Å². The van der Waals surface area contributed by atoms with Crippen LogP contribution in [0.3, 0.4) is 0 Å². The number of nitrogens with zero attached hydrogens (tertiary/aromatic N) is 1. The lowest BCUT2D eigenvalue weighted by molar-refractivity contribution is 0.0701. The summed E-state index contributed by atoms with van der Waals surface area (Å²) in [6, 6.07) is 2.57. The first-order chi connectivity index (χ1) is 9.69. The zero-order chi connectivity index (χ0) is 14.4. The fourth-order valence-corrected chi connectivity index (χ4v) is 2.56. The molecule has 0 bridgehead atoms. The molecule has 0 amide bonds. The monoisotopic (exact) mass is 280 g/mol. The Hall–Kier alpha value is -0.840. The highest BCUT2D eigenvalue weighted by Crippen LogP contribution is 2.17. The predicted octanol–water partition coefficient (Wildman–Crippen LogP) is 2.78. The van der Waals surface area contributed by atoms with Gasteiger partial charge in [-0.25, -0.2) is 0 Å². The SMILES string of the molecule is CCN(Cc1occc1CNC(C)C)CC1CCCO1. The molecule has 1 unspecified atom stereocenters. The lowest BCUT2D eigenvalue weighted by Crippen LogP contribution is -2.32. The molecule has 1 fully saturated rings. The van der Waals surface area contributed by atoms with Gasteiger partial charge in [-0.2, -0.15) is 0 Å². The highest BCUT2D eigenvalue weighted by atomic mass is 16.5. The molecule has 20 heavy (non-hydrogen) atoms. The molecule has 0 aliphatic carbocycles. The molecule has 1 N–H and O–H groups in total. The van der Waals surface area contributed by atoms with Gasteiger partial charge in [-0.15, -0.1) is 0 Å². The molecule has 1 saturated heterocycles. The van der Waals surface area contributed by atoms with Crippen LogP contribution >= 0.6 is 0 Å². The van der Waals surface area contributed by atoms with Crippen molar-refractivity contribution >= 4 is 0 Å². The van der Waals surface area contributed by atoms with Gasteiger partial charge in [0.1, 0.15) is 5.76 Å². The Labute approximate surface area is 122 Å². The Morgan fingerprint density at radius 3 is 2.95 bits per heavy atom. The second kappa shape index (κ2) is 7.81. The maximum atomic E-state index is 5.73. The zero-order valence-electron chi connectivity index (χ0n) is 13.0. The number of nitrogens with one attached hydrogen (secondary N) is 1. The Morgan fingerprint density at radius 1 is 1.45 bits per heavy atom. The van der Waals surface area contributed by atoms with E-state index in [-0.39, 0.29) is 0 Å². The average Bonchev–Trinajstić information content (AvgIpc) is 3.07. The van der Waals surface area contributed by atoms with E-state index in [0.29, 0.717) is 12.1 Å². The molecule has 2 heterocycles. The molecule has 1 aliphatic rings. The van der Waals surface area contributed by atoms with Gasteiger partial charge in [-0.05, 0) is 25.5 Å². The van der Waals surface area contributed by atoms with Crippen LogP contribution in [0.15, 0.2) is 16.7 Å². The molecule has 4 heteroatoms. The van der Waals surface area contributed by atoms with Crippen molar-refractivity contribution in [3.8, 4) is 0 Å². The maximum absolute atomic E-state index is 5.73. The van der Waals surface area contributed by atoms with Crippen LogP contribution < -0.4 is 5.32 Å². The molecule has 1 aliphatic heterocycles. The van der Waals surface area contributed by atoms with Crippen molar-refractivity contribution in [3.63, 3.8) is 0 Å². The minimum absolute atomic E-state index is 0.405. The molecule has 0 radical (unpaired) electrons. The van der Waals surface area contributed by atoms with E-state index in [1.807, 2.05) is 0 Å². The van der Waals surface area contributed by atoms with Crippen molar-refractivity contribution in [2.24, 2.45) is 0 Å². The Balaban J connectivity index is 1.88. The summed E-state index contributed by atoms with van der Waals surface area (Å²) >= 11 is 0. The first-order valence-electron chi connectivity index (χ1n) is 7.81. The summed E-state index contributed by atoms with van der Waals surface area (Å²) in [5, 5.41) is 3.45. The quantitative estimate of drug-likeness (QED) is 0.794. The minimum atomic E-state index is 0.405. The third-order valence-electron chi connectivity index (χ3n) is 3.84. The normalized spacial score (nSPS) is 19.4. The lowest BCUT2D eigenvalue weighted by atomic mass is 10.2. The smallest absolute Gasteiger partial charge is 0.122 e. The van der Waals surface area contributed by atoms with Crippen molar-refractivity contribution in [2.75, 3.05) is 19.7 Å². The molecule has 1 aromatic heterocycles. The van der Waals surface area contributed by atoms with E-state index < -0.39 is 0 Å². The zero-order valence-corrected chi connectivity index (χ0v) is 13.0. The average molecular weight is 280 g/mol. The molecule has 114 valence electrons. The van der Waals surface area contributed by atoms with E-state index in [2.05, 4.69) is 37.1 Å². The van der Waals surface area contributed by atoms with Crippen LogP contribution in [0.1, 0.15) is 44.9 Å². The third-order valence-corrected chi connectivity index (χ3v) is 3.84. The highest BCUT2D eigenvalue weighted by molar-refractivity contribution is 5.17. The fraction of sp³-hybridized carbons (Fsp3) is 0.750. The summed E-state index contributed by atoms with van der Waals surface area (Å²) in [4.78, 5) is 2.41. The summed E-state index contributed by atoms with van der Waals surface area (Å²) in [5.74, 6) is 1.08. The van der Waals surface area contributed by atoms with Gasteiger partial charge in [0, 0.05) is 31.3 Å². The summed E-state index contributed by atoms with van der Waals surface area (Å²) in [6.07, 6.45) is 4.59. The molecular formula is C16H28N2O2. The first kappa shape index (κ1) is 15.5. The summed E-state index contributed by atoms with van der Waals surface area (Å²) in [7, 11) is 0. The second-order valence-electron chi connectivity index (χ2n) is 5.87. The van der Waals surface area contributed by atoms with Crippen LogP contribution in [0.5, 0.6) is 0 Å². The van der Waals surface area contributed by atoms with E-state index in [9.17, 15) is 0 Å². The molecule has 2 rings (SSSR count). The third kappa shape index (κ3) is 4.62. The summed E-state index contributed by atoms with van der Waals surface area (Å²) in [5.41, 5.74) is 1.27. The van der Waals surface area contributed by atoms with Gasteiger partial charge < -0.3 is 14.5 Å². The fourth-order valence-electron chi connectivity index (χ4n) is 2.56. The van der Waals surface area contributed by atoms with Gasteiger partial charge in [-0.1, -0.05) is 20.8 Å². The van der Waals surface area contributed by atoms with E-state index in [0.717, 1.165) is 38.5 Å². The molecular weight excluding hydrogens is 252 g/mol. The standard InChI is InChI=1S/C16H28N2O2/c1-4-18(11-15-6-5-8-19-15)12-16-14(7-9-20-16)10-17-13(2)3/h7,9,13,15,17H,4-6,8,10-12H2,1-3H3. The van der Waals surface area contributed by atoms with Crippen LogP contribution in [0, 0.1) is 0 Å². The van der Waals surface area contributed by atoms with E-state index in [1.54, 1.807) is 6.26 Å². The Morgan fingerprint density at radius 2 is 2.30 bits per heavy atom. The van der Waals surface area contributed by atoms with Crippen LogP contribution in [0.25, 0.3) is 0 Å². The van der Waals surface area contributed by atoms with Crippen molar-refractivity contribution in [1.82, 2.24) is 10.2 Å². The van der Waals surface area contributed by atoms with E-state index >= 15 is 0 Å². The molecule has 1 aromatic rings. The topological polar surface area (TPSA) is 37.6 Å². The Bertz CT molecular complexity index is 384. The molecule has 1 atom stereocenters. The summed E-state index contributed by atoms with van der Waals surface area (Å²) in [6.45, 7) is 11.2. The van der Waals surface area contributed by atoms with Gasteiger partial charge in [0.2, 0.25) is 0 Å².